The second kappa shape index (κ2) is 8.58. The maximum Gasteiger partial charge on any atom is 0.248 e. The van der Waals surface area contributed by atoms with Crippen LogP contribution in [0.15, 0.2) is 12.3 Å². The van der Waals surface area contributed by atoms with E-state index in [0.29, 0.717) is 25.6 Å². The molecule has 1 aliphatic heterocycles. The first kappa shape index (κ1) is 18.1. The molecule has 1 atom stereocenters. The van der Waals surface area contributed by atoms with E-state index in [-0.39, 0.29) is 24.7 Å². The smallest absolute Gasteiger partial charge is 0.248 e. The monoisotopic (exact) mass is 348 g/mol. The van der Waals surface area contributed by atoms with Gasteiger partial charge in [-0.1, -0.05) is 19.3 Å². The Labute approximate surface area is 149 Å². The number of aromatic nitrogens is 2. The quantitative estimate of drug-likeness (QED) is 0.808. The summed E-state index contributed by atoms with van der Waals surface area (Å²) >= 11 is 0. The van der Waals surface area contributed by atoms with Crippen molar-refractivity contribution in [2.75, 3.05) is 45.3 Å². The Morgan fingerprint density at radius 2 is 2.16 bits per heavy atom. The lowest BCUT2D eigenvalue weighted by Gasteiger charge is -2.33. The Bertz CT molecular complexity index is 575. The van der Waals surface area contributed by atoms with E-state index in [1.165, 1.54) is 19.3 Å². The summed E-state index contributed by atoms with van der Waals surface area (Å²) in [5.41, 5.74) is 0.810. The number of hydrogen-bond donors (Lipinski definition) is 0. The zero-order valence-corrected chi connectivity index (χ0v) is 15.2. The second-order valence-electron chi connectivity index (χ2n) is 6.95. The molecule has 2 heterocycles. The number of carbonyl (C=O) groups excluding carboxylic acids is 1. The van der Waals surface area contributed by atoms with Gasteiger partial charge in [0.2, 0.25) is 11.9 Å². The van der Waals surface area contributed by atoms with Crippen molar-refractivity contribution in [3.8, 4) is 0 Å². The molecule has 1 saturated carbocycles. The van der Waals surface area contributed by atoms with Gasteiger partial charge in [-0.25, -0.2) is 9.97 Å². The number of hydrogen-bond acceptors (Lipinski definition) is 6. The molecule has 25 heavy (non-hydrogen) atoms. The summed E-state index contributed by atoms with van der Waals surface area (Å²) in [6, 6.07) is 1.85. The average Bonchev–Trinajstić information content (AvgIpc) is 2.67. The molecule has 2 fully saturated rings. The molecule has 1 aliphatic carbocycles. The van der Waals surface area contributed by atoms with E-state index >= 15 is 0 Å². The molecule has 0 unspecified atom stereocenters. The summed E-state index contributed by atoms with van der Waals surface area (Å²) in [7, 11) is 3.80. The molecule has 0 N–H and O–H groups in total. The highest BCUT2D eigenvalue weighted by Crippen LogP contribution is 2.23. The minimum atomic E-state index is -0.214. The Kier molecular flexibility index (Phi) is 6.20. The summed E-state index contributed by atoms with van der Waals surface area (Å²) in [6.07, 6.45) is 7.62. The van der Waals surface area contributed by atoms with Crippen LogP contribution < -0.4 is 4.90 Å². The third-order valence-corrected chi connectivity index (χ3v) is 4.81. The number of rotatable bonds is 5. The van der Waals surface area contributed by atoms with Crippen molar-refractivity contribution in [1.82, 2.24) is 14.9 Å². The minimum absolute atomic E-state index is 0.0424. The molecular weight excluding hydrogens is 320 g/mol. The predicted octanol–water partition coefficient (Wildman–Crippen LogP) is 1.79. The summed E-state index contributed by atoms with van der Waals surface area (Å²) in [4.78, 5) is 24.9. The van der Waals surface area contributed by atoms with Crippen LogP contribution in [0.1, 0.15) is 43.9 Å². The Hall–Kier alpha value is -1.73. The van der Waals surface area contributed by atoms with Crippen molar-refractivity contribution in [3.05, 3.63) is 18.0 Å². The molecule has 1 saturated heterocycles. The SMILES string of the molecule is CN(C)c1nccc([C@@H]2CN(C(=O)COC3CCCCC3)CCO2)n1. The lowest BCUT2D eigenvalue weighted by atomic mass is 9.98. The first-order chi connectivity index (χ1) is 12.1. The fourth-order valence-corrected chi connectivity index (χ4v) is 3.32. The highest BCUT2D eigenvalue weighted by molar-refractivity contribution is 5.77. The van der Waals surface area contributed by atoms with Crippen molar-refractivity contribution >= 4 is 11.9 Å². The minimum Gasteiger partial charge on any atom is -0.368 e. The van der Waals surface area contributed by atoms with Crippen molar-refractivity contribution in [3.63, 3.8) is 0 Å². The average molecular weight is 348 g/mol. The lowest BCUT2D eigenvalue weighted by molar-refractivity contribution is -0.146. The van der Waals surface area contributed by atoms with Gasteiger partial charge in [-0.2, -0.15) is 0 Å². The van der Waals surface area contributed by atoms with E-state index in [0.717, 1.165) is 18.5 Å². The van der Waals surface area contributed by atoms with Crippen LogP contribution in [0.3, 0.4) is 0 Å². The standard InChI is InChI=1S/C18H28N4O3/c1-21(2)18-19-9-8-15(20-18)16-12-22(10-11-24-16)17(23)13-25-14-6-4-3-5-7-14/h8-9,14,16H,3-7,10-13H2,1-2H3/t16-/m0/s1. The van der Waals surface area contributed by atoms with E-state index in [4.69, 9.17) is 9.47 Å². The number of amides is 1. The Morgan fingerprint density at radius 1 is 1.36 bits per heavy atom. The molecule has 0 spiro atoms. The van der Waals surface area contributed by atoms with Crippen LogP contribution in [0.4, 0.5) is 5.95 Å². The predicted molar refractivity (Wildman–Crippen MR) is 94.5 cm³/mol. The molecule has 2 aliphatic rings. The number of ether oxygens (including phenoxy) is 2. The van der Waals surface area contributed by atoms with Crippen molar-refractivity contribution in [1.29, 1.82) is 0 Å². The summed E-state index contributed by atoms with van der Waals surface area (Å²) in [5.74, 6) is 0.686. The van der Waals surface area contributed by atoms with E-state index in [2.05, 4.69) is 9.97 Å². The molecule has 138 valence electrons. The van der Waals surface area contributed by atoms with Gasteiger partial charge in [-0.15, -0.1) is 0 Å². The van der Waals surface area contributed by atoms with Gasteiger partial charge >= 0.3 is 0 Å². The van der Waals surface area contributed by atoms with Crippen LogP contribution >= 0.6 is 0 Å². The first-order valence-corrected chi connectivity index (χ1v) is 9.14. The fraction of sp³-hybridized carbons (Fsp3) is 0.722. The third kappa shape index (κ3) is 4.89. The molecule has 1 amide bonds. The second-order valence-corrected chi connectivity index (χ2v) is 6.95. The van der Waals surface area contributed by atoms with Crippen molar-refractivity contribution in [2.24, 2.45) is 0 Å². The summed E-state index contributed by atoms with van der Waals surface area (Å²) < 4.78 is 11.7. The topological polar surface area (TPSA) is 67.8 Å². The highest BCUT2D eigenvalue weighted by Gasteiger charge is 2.27. The number of carbonyl (C=O) groups is 1. The van der Waals surface area contributed by atoms with Crippen LogP contribution in [-0.2, 0) is 14.3 Å². The number of anilines is 1. The van der Waals surface area contributed by atoms with Gasteiger partial charge in [0.25, 0.3) is 0 Å². The fourth-order valence-electron chi connectivity index (χ4n) is 3.32. The van der Waals surface area contributed by atoms with E-state index < -0.39 is 0 Å². The van der Waals surface area contributed by atoms with Gasteiger partial charge in [0, 0.05) is 26.8 Å². The zero-order valence-electron chi connectivity index (χ0n) is 15.2. The molecule has 7 heteroatoms. The van der Waals surface area contributed by atoms with Crippen molar-refractivity contribution < 1.29 is 14.3 Å². The Morgan fingerprint density at radius 3 is 2.92 bits per heavy atom. The molecular formula is C18H28N4O3. The van der Waals surface area contributed by atoms with Gasteiger partial charge in [0.15, 0.2) is 0 Å². The summed E-state index contributed by atoms with van der Waals surface area (Å²) in [6.45, 7) is 1.80. The van der Waals surface area contributed by atoms with Crippen LogP contribution in [0.2, 0.25) is 0 Å². The number of nitrogens with zero attached hydrogens (tertiary/aromatic N) is 4. The Balaban J connectivity index is 1.55. The first-order valence-electron chi connectivity index (χ1n) is 9.14. The number of morpholine rings is 1. The van der Waals surface area contributed by atoms with Crippen LogP contribution in [0.25, 0.3) is 0 Å². The largest absolute Gasteiger partial charge is 0.368 e. The van der Waals surface area contributed by atoms with Gasteiger partial charge in [0.05, 0.1) is 24.9 Å². The molecule has 0 bridgehead atoms. The molecule has 1 aromatic rings. The van der Waals surface area contributed by atoms with Crippen LogP contribution in [0, 0.1) is 0 Å². The normalized spacial score (nSPS) is 22.0. The van der Waals surface area contributed by atoms with Gasteiger partial charge in [-0.05, 0) is 18.9 Å². The highest BCUT2D eigenvalue weighted by atomic mass is 16.5. The summed E-state index contributed by atoms with van der Waals surface area (Å²) in [5, 5.41) is 0. The van der Waals surface area contributed by atoms with Gasteiger partial charge < -0.3 is 19.3 Å². The third-order valence-electron chi connectivity index (χ3n) is 4.81. The van der Waals surface area contributed by atoms with E-state index in [1.807, 2.05) is 30.0 Å². The molecule has 7 nitrogen and oxygen atoms in total. The molecule has 1 aromatic heterocycles. The molecule has 3 rings (SSSR count). The van der Waals surface area contributed by atoms with Crippen LogP contribution in [0.5, 0.6) is 0 Å². The van der Waals surface area contributed by atoms with E-state index in [1.54, 1.807) is 6.20 Å². The molecule has 0 aromatic carbocycles. The van der Waals surface area contributed by atoms with Crippen molar-refractivity contribution in [2.45, 2.75) is 44.3 Å². The maximum atomic E-state index is 12.5. The van der Waals surface area contributed by atoms with Crippen LogP contribution in [-0.4, -0.2) is 67.3 Å². The lowest BCUT2D eigenvalue weighted by Crippen LogP contribution is -2.44. The molecule has 0 radical (unpaired) electrons. The zero-order chi connectivity index (χ0) is 17.6. The maximum absolute atomic E-state index is 12.5. The van der Waals surface area contributed by atoms with E-state index in [9.17, 15) is 4.79 Å². The van der Waals surface area contributed by atoms with Gasteiger partial charge in [0.1, 0.15) is 12.7 Å². The van der Waals surface area contributed by atoms with Gasteiger partial charge in [-0.3, -0.25) is 4.79 Å².